The van der Waals surface area contributed by atoms with Gasteiger partial charge in [0.2, 0.25) is 10.0 Å². The Hall–Kier alpha value is -2.61. The van der Waals surface area contributed by atoms with E-state index in [0.29, 0.717) is 16.9 Å². The Morgan fingerprint density at radius 3 is 2.44 bits per heavy atom. The fourth-order valence-corrected chi connectivity index (χ4v) is 2.98. The molecule has 1 heterocycles. The van der Waals surface area contributed by atoms with E-state index in [1.54, 1.807) is 55.1 Å². The molecule has 0 spiro atoms. The minimum absolute atomic E-state index is 0.109. The summed E-state index contributed by atoms with van der Waals surface area (Å²) in [5, 5.41) is 2.85. The van der Waals surface area contributed by atoms with Gasteiger partial charge in [-0.2, -0.15) is 0 Å². The van der Waals surface area contributed by atoms with Gasteiger partial charge in [0.1, 0.15) is 5.69 Å². The molecule has 1 aromatic carbocycles. The SMILES string of the molecule is CC(=O)c1cc(C(=O)N[C@@H](C)c2cccc(NS(C)(=O)=O)c2)n(C)c1. The van der Waals surface area contributed by atoms with E-state index in [1.807, 2.05) is 0 Å². The summed E-state index contributed by atoms with van der Waals surface area (Å²) in [6, 6.07) is 8.01. The summed E-state index contributed by atoms with van der Waals surface area (Å²) in [4.78, 5) is 23.9. The van der Waals surface area contributed by atoms with E-state index in [0.717, 1.165) is 11.8 Å². The number of aromatic nitrogens is 1. The molecular formula is C17H21N3O4S. The number of Topliss-reactive ketones (excluding diaryl/α,β-unsaturated/α-hetero) is 1. The van der Waals surface area contributed by atoms with E-state index in [1.165, 1.54) is 6.92 Å². The molecular weight excluding hydrogens is 342 g/mol. The number of carbonyl (C=O) groups excluding carboxylic acids is 2. The third-order valence-electron chi connectivity index (χ3n) is 3.68. The fourth-order valence-electron chi connectivity index (χ4n) is 2.42. The lowest BCUT2D eigenvalue weighted by molar-refractivity contribution is 0.0931. The number of sulfonamides is 1. The molecule has 1 aromatic heterocycles. The van der Waals surface area contributed by atoms with Gasteiger partial charge in [0.05, 0.1) is 12.3 Å². The van der Waals surface area contributed by atoms with Crippen molar-refractivity contribution in [2.45, 2.75) is 19.9 Å². The number of ketones is 1. The van der Waals surface area contributed by atoms with Crippen LogP contribution in [0.1, 0.15) is 46.3 Å². The first kappa shape index (κ1) is 18.7. The number of aryl methyl sites for hydroxylation is 1. The molecule has 2 rings (SSSR count). The molecule has 1 amide bonds. The predicted molar refractivity (Wildman–Crippen MR) is 96.2 cm³/mol. The first-order valence-electron chi connectivity index (χ1n) is 7.63. The molecule has 25 heavy (non-hydrogen) atoms. The van der Waals surface area contributed by atoms with Gasteiger partial charge in [-0.3, -0.25) is 14.3 Å². The number of amides is 1. The van der Waals surface area contributed by atoms with Crippen molar-refractivity contribution in [2.24, 2.45) is 7.05 Å². The first-order valence-corrected chi connectivity index (χ1v) is 9.52. The maximum Gasteiger partial charge on any atom is 0.268 e. The largest absolute Gasteiger partial charge is 0.346 e. The highest BCUT2D eigenvalue weighted by Gasteiger charge is 2.17. The summed E-state index contributed by atoms with van der Waals surface area (Å²) in [6.07, 6.45) is 2.69. The molecule has 8 heteroatoms. The highest BCUT2D eigenvalue weighted by molar-refractivity contribution is 7.92. The van der Waals surface area contributed by atoms with E-state index in [9.17, 15) is 18.0 Å². The Morgan fingerprint density at radius 2 is 1.88 bits per heavy atom. The monoisotopic (exact) mass is 363 g/mol. The van der Waals surface area contributed by atoms with Gasteiger partial charge in [-0.05, 0) is 37.6 Å². The van der Waals surface area contributed by atoms with Crippen LogP contribution in [-0.2, 0) is 17.1 Å². The van der Waals surface area contributed by atoms with Gasteiger partial charge < -0.3 is 9.88 Å². The van der Waals surface area contributed by atoms with Gasteiger partial charge in [0.15, 0.2) is 5.78 Å². The van der Waals surface area contributed by atoms with Crippen LogP contribution < -0.4 is 10.0 Å². The van der Waals surface area contributed by atoms with Crippen LogP contribution in [0.3, 0.4) is 0 Å². The number of hydrogen-bond donors (Lipinski definition) is 2. The van der Waals surface area contributed by atoms with Gasteiger partial charge >= 0.3 is 0 Å². The average molecular weight is 363 g/mol. The van der Waals surface area contributed by atoms with Crippen LogP contribution in [0.2, 0.25) is 0 Å². The minimum atomic E-state index is -3.37. The third kappa shape index (κ3) is 4.93. The average Bonchev–Trinajstić information content (AvgIpc) is 2.88. The quantitative estimate of drug-likeness (QED) is 0.768. The Kier molecular flexibility index (Phi) is 5.32. The molecule has 2 aromatic rings. The van der Waals surface area contributed by atoms with Crippen LogP contribution in [0.4, 0.5) is 5.69 Å². The summed E-state index contributed by atoms with van der Waals surface area (Å²) < 4.78 is 26.7. The Balaban J connectivity index is 2.16. The van der Waals surface area contributed by atoms with E-state index in [-0.39, 0.29) is 17.7 Å². The van der Waals surface area contributed by atoms with Gasteiger partial charge in [-0.15, -0.1) is 0 Å². The normalized spacial score (nSPS) is 12.5. The summed E-state index contributed by atoms with van der Waals surface area (Å²) in [5.74, 6) is -0.425. The van der Waals surface area contributed by atoms with Crippen LogP contribution in [-0.4, -0.2) is 30.9 Å². The number of rotatable bonds is 6. The summed E-state index contributed by atoms with van der Waals surface area (Å²) in [6.45, 7) is 3.24. The van der Waals surface area contributed by atoms with Crippen molar-refractivity contribution < 1.29 is 18.0 Å². The standard InChI is InChI=1S/C17H21N3O4S/c1-11(13-6-5-7-15(8-13)19-25(4,23)24)18-17(22)16-9-14(12(2)21)10-20(16)3/h5-11,19H,1-4H3,(H,18,22)/t11-/m0/s1. The molecule has 0 saturated carbocycles. The van der Waals surface area contributed by atoms with Crippen molar-refractivity contribution in [3.8, 4) is 0 Å². The van der Waals surface area contributed by atoms with Crippen LogP contribution in [0.5, 0.6) is 0 Å². The molecule has 0 bridgehead atoms. The first-order chi connectivity index (χ1) is 11.6. The summed E-state index contributed by atoms with van der Waals surface area (Å²) >= 11 is 0. The van der Waals surface area contributed by atoms with Crippen LogP contribution in [0, 0.1) is 0 Å². The fraction of sp³-hybridized carbons (Fsp3) is 0.294. The second-order valence-electron chi connectivity index (χ2n) is 5.98. The zero-order valence-corrected chi connectivity index (χ0v) is 15.3. The second kappa shape index (κ2) is 7.10. The lowest BCUT2D eigenvalue weighted by Gasteiger charge is -2.16. The van der Waals surface area contributed by atoms with E-state index < -0.39 is 10.0 Å². The molecule has 0 aliphatic heterocycles. The van der Waals surface area contributed by atoms with E-state index in [2.05, 4.69) is 10.0 Å². The van der Waals surface area contributed by atoms with Crippen LogP contribution in [0.15, 0.2) is 36.5 Å². The molecule has 0 fully saturated rings. The van der Waals surface area contributed by atoms with Gasteiger partial charge in [0, 0.05) is 24.5 Å². The van der Waals surface area contributed by atoms with Crippen molar-refractivity contribution in [2.75, 3.05) is 11.0 Å². The molecule has 7 nitrogen and oxygen atoms in total. The van der Waals surface area contributed by atoms with Gasteiger partial charge in [-0.25, -0.2) is 8.42 Å². The smallest absolute Gasteiger partial charge is 0.268 e. The lowest BCUT2D eigenvalue weighted by Crippen LogP contribution is -2.28. The number of nitrogens with one attached hydrogen (secondary N) is 2. The molecule has 0 aliphatic carbocycles. The topological polar surface area (TPSA) is 97.3 Å². The highest BCUT2D eigenvalue weighted by Crippen LogP contribution is 2.19. The van der Waals surface area contributed by atoms with Crippen molar-refractivity contribution in [3.05, 3.63) is 53.3 Å². The summed E-state index contributed by atoms with van der Waals surface area (Å²) in [7, 11) is -1.67. The maximum absolute atomic E-state index is 12.4. The molecule has 0 unspecified atom stereocenters. The Morgan fingerprint density at radius 1 is 1.20 bits per heavy atom. The number of carbonyl (C=O) groups is 2. The zero-order valence-electron chi connectivity index (χ0n) is 14.5. The molecule has 134 valence electrons. The molecule has 0 aliphatic rings. The summed E-state index contributed by atoms with van der Waals surface area (Å²) in [5.41, 5.74) is 2.03. The number of hydrogen-bond acceptors (Lipinski definition) is 4. The molecule has 2 N–H and O–H groups in total. The van der Waals surface area contributed by atoms with Crippen molar-refractivity contribution in [1.82, 2.24) is 9.88 Å². The lowest BCUT2D eigenvalue weighted by atomic mass is 10.1. The maximum atomic E-state index is 12.4. The second-order valence-corrected chi connectivity index (χ2v) is 7.72. The number of nitrogens with zero attached hydrogens (tertiary/aromatic N) is 1. The molecule has 1 atom stereocenters. The van der Waals surface area contributed by atoms with Crippen LogP contribution >= 0.6 is 0 Å². The van der Waals surface area contributed by atoms with Crippen molar-refractivity contribution in [1.29, 1.82) is 0 Å². The van der Waals surface area contributed by atoms with E-state index in [4.69, 9.17) is 0 Å². The zero-order chi connectivity index (χ0) is 18.8. The Bertz CT molecular complexity index is 916. The van der Waals surface area contributed by atoms with Gasteiger partial charge in [0.25, 0.3) is 5.91 Å². The third-order valence-corrected chi connectivity index (χ3v) is 4.29. The predicted octanol–water partition coefficient (Wildman–Crippen LogP) is 2.09. The Labute approximate surface area is 147 Å². The number of anilines is 1. The molecule has 0 radical (unpaired) electrons. The van der Waals surface area contributed by atoms with Gasteiger partial charge in [-0.1, -0.05) is 12.1 Å². The minimum Gasteiger partial charge on any atom is -0.346 e. The number of benzene rings is 1. The van der Waals surface area contributed by atoms with Crippen LogP contribution in [0.25, 0.3) is 0 Å². The van der Waals surface area contributed by atoms with Crippen molar-refractivity contribution in [3.63, 3.8) is 0 Å². The highest BCUT2D eigenvalue weighted by atomic mass is 32.2. The van der Waals surface area contributed by atoms with E-state index >= 15 is 0 Å². The van der Waals surface area contributed by atoms with Crippen molar-refractivity contribution >= 4 is 27.4 Å². The molecule has 0 saturated heterocycles.